The number of hydrogen-bond donors (Lipinski definition) is 1. The maximum Gasteiger partial charge on any atom is 0.0953 e. The molecule has 0 aliphatic rings. The molecule has 0 amide bonds. The number of benzene rings is 1. The lowest BCUT2D eigenvalue weighted by atomic mass is 9.92. The fraction of sp³-hybridized carbons (Fsp3) is 0.333. The van der Waals surface area contributed by atoms with Crippen LogP contribution in [-0.2, 0) is 0 Å². The summed E-state index contributed by atoms with van der Waals surface area (Å²) in [5.41, 5.74) is 5.18. The Morgan fingerprint density at radius 2 is 1.88 bits per heavy atom. The maximum absolute atomic E-state index is 5.20. The van der Waals surface area contributed by atoms with E-state index in [1.165, 1.54) is 22.3 Å². The van der Waals surface area contributed by atoms with Crippen molar-refractivity contribution in [1.29, 1.82) is 0 Å². The van der Waals surface area contributed by atoms with E-state index in [4.69, 9.17) is 4.42 Å². The van der Waals surface area contributed by atoms with Gasteiger partial charge in [-0.05, 0) is 43.1 Å². The van der Waals surface area contributed by atoms with Gasteiger partial charge in [-0.3, -0.25) is 0 Å². The van der Waals surface area contributed by atoms with E-state index >= 15 is 0 Å². The number of aryl methyl sites for hydroxylation is 2. The van der Waals surface area contributed by atoms with E-state index in [0.717, 1.165) is 6.54 Å². The first-order valence-electron chi connectivity index (χ1n) is 6.05. The van der Waals surface area contributed by atoms with E-state index in [2.05, 4.69) is 44.3 Å². The fourth-order valence-electron chi connectivity index (χ4n) is 2.31. The van der Waals surface area contributed by atoms with E-state index in [1.54, 1.807) is 6.26 Å². The molecule has 2 heteroatoms. The molecule has 1 atom stereocenters. The van der Waals surface area contributed by atoms with Crippen molar-refractivity contribution in [2.75, 3.05) is 6.54 Å². The number of nitrogens with one attached hydrogen (secondary N) is 1. The molecule has 1 aromatic carbocycles. The Hall–Kier alpha value is -1.54. The summed E-state index contributed by atoms with van der Waals surface area (Å²) in [5, 5.41) is 3.52. The second-order valence-corrected chi connectivity index (χ2v) is 4.35. The normalized spacial score (nSPS) is 12.6. The molecule has 0 radical (unpaired) electrons. The quantitative estimate of drug-likeness (QED) is 0.866. The van der Waals surface area contributed by atoms with Crippen LogP contribution < -0.4 is 5.32 Å². The monoisotopic (exact) mass is 229 g/mol. The molecule has 0 saturated carbocycles. The van der Waals surface area contributed by atoms with E-state index < -0.39 is 0 Å². The topological polar surface area (TPSA) is 25.2 Å². The Labute approximate surface area is 103 Å². The highest BCUT2D eigenvalue weighted by Crippen LogP contribution is 2.27. The van der Waals surface area contributed by atoms with Crippen molar-refractivity contribution in [3.8, 4) is 0 Å². The SMILES string of the molecule is CCNC(c1ccoc1)c1c(C)cccc1C. The predicted molar refractivity (Wildman–Crippen MR) is 70.1 cm³/mol. The van der Waals surface area contributed by atoms with E-state index in [9.17, 15) is 0 Å². The second kappa shape index (κ2) is 5.19. The Morgan fingerprint density at radius 1 is 1.18 bits per heavy atom. The van der Waals surface area contributed by atoms with Gasteiger partial charge in [0.1, 0.15) is 0 Å². The standard InChI is InChI=1S/C15H19NO/c1-4-16-15(13-8-9-17-10-13)14-11(2)6-5-7-12(14)3/h5-10,15-16H,4H2,1-3H3. The van der Waals surface area contributed by atoms with Crippen LogP contribution in [0.3, 0.4) is 0 Å². The van der Waals surface area contributed by atoms with Gasteiger partial charge in [0.25, 0.3) is 0 Å². The van der Waals surface area contributed by atoms with Crippen LogP contribution in [0.15, 0.2) is 41.2 Å². The van der Waals surface area contributed by atoms with E-state index in [1.807, 2.05) is 12.3 Å². The van der Waals surface area contributed by atoms with Crippen LogP contribution in [0.25, 0.3) is 0 Å². The van der Waals surface area contributed by atoms with Crippen molar-refractivity contribution < 1.29 is 4.42 Å². The van der Waals surface area contributed by atoms with Gasteiger partial charge in [0.2, 0.25) is 0 Å². The number of furan rings is 1. The molecule has 0 saturated heterocycles. The zero-order chi connectivity index (χ0) is 12.3. The summed E-state index contributed by atoms with van der Waals surface area (Å²) in [5.74, 6) is 0. The summed E-state index contributed by atoms with van der Waals surface area (Å²) in [4.78, 5) is 0. The van der Waals surface area contributed by atoms with Gasteiger partial charge >= 0.3 is 0 Å². The van der Waals surface area contributed by atoms with Crippen molar-refractivity contribution in [3.63, 3.8) is 0 Å². The van der Waals surface area contributed by atoms with Gasteiger partial charge < -0.3 is 9.73 Å². The highest BCUT2D eigenvalue weighted by atomic mass is 16.3. The van der Waals surface area contributed by atoms with Gasteiger partial charge in [0.05, 0.1) is 18.6 Å². The van der Waals surface area contributed by atoms with Crippen molar-refractivity contribution in [2.24, 2.45) is 0 Å². The predicted octanol–water partition coefficient (Wildman–Crippen LogP) is 3.60. The van der Waals surface area contributed by atoms with Gasteiger partial charge in [-0.15, -0.1) is 0 Å². The lowest BCUT2D eigenvalue weighted by Gasteiger charge is -2.21. The van der Waals surface area contributed by atoms with Gasteiger partial charge in [0.15, 0.2) is 0 Å². The van der Waals surface area contributed by atoms with Crippen LogP contribution in [0.5, 0.6) is 0 Å². The van der Waals surface area contributed by atoms with E-state index in [0.29, 0.717) is 0 Å². The largest absolute Gasteiger partial charge is 0.472 e. The molecule has 17 heavy (non-hydrogen) atoms. The average molecular weight is 229 g/mol. The van der Waals surface area contributed by atoms with Crippen LogP contribution in [-0.4, -0.2) is 6.54 Å². The zero-order valence-corrected chi connectivity index (χ0v) is 10.7. The molecule has 2 aromatic rings. The molecule has 1 aromatic heterocycles. The highest BCUT2D eigenvalue weighted by molar-refractivity contribution is 5.41. The molecule has 1 unspecified atom stereocenters. The van der Waals surface area contributed by atoms with Gasteiger partial charge in [-0.1, -0.05) is 25.1 Å². The third kappa shape index (κ3) is 2.42. The molecule has 1 N–H and O–H groups in total. The van der Waals surface area contributed by atoms with Crippen LogP contribution in [0.1, 0.15) is 35.2 Å². The molecule has 2 nitrogen and oxygen atoms in total. The molecule has 0 bridgehead atoms. The minimum Gasteiger partial charge on any atom is -0.472 e. The molecule has 0 fully saturated rings. The first kappa shape index (κ1) is 11.9. The molecular formula is C15H19NO. The summed E-state index contributed by atoms with van der Waals surface area (Å²) in [7, 11) is 0. The van der Waals surface area contributed by atoms with E-state index in [-0.39, 0.29) is 6.04 Å². The van der Waals surface area contributed by atoms with Gasteiger partial charge in [-0.25, -0.2) is 0 Å². The van der Waals surface area contributed by atoms with Gasteiger partial charge in [0, 0.05) is 5.56 Å². The van der Waals surface area contributed by atoms with Crippen molar-refractivity contribution >= 4 is 0 Å². The Morgan fingerprint density at radius 3 is 2.41 bits per heavy atom. The minimum atomic E-state index is 0.222. The summed E-state index contributed by atoms with van der Waals surface area (Å²) in [6.07, 6.45) is 3.55. The van der Waals surface area contributed by atoms with Crippen molar-refractivity contribution in [3.05, 3.63) is 59.0 Å². The summed E-state index contributed by atoms with van der Waals surface area (Å²) < 4.78 is 5.20. The second-order valence-electron chi connectivity index (χ2n) is 4.35. The third-order valence-electron chi connectivity index (χ3n) is 3.12. The lowest BCUT2D eigenvalue weighted by Crippen LogP contribution is -2.23. The van der Waals surface area contributed by atoms with Crippen LogP contribution in [0.4, 0.5) is 0 Å². The molecule has 0 aliphatic carbocycles. The Balaban J connectivity index is 2.46. The smallest absolute Gasteiger partial charge is 0.0953 e. The fourth-order valence-corrected chi connectivity index (χ4v) is 2.31. The lowest BCUT2D eigenvalue weighted by molar-refractivity contribution is 0.552. The number of rotatable bonds is 4. The van der Waals surface area contributed by atoms with Gasteiger partial charge in [-0.2, -0.15) is 0 Å². The first-order valence-corrected chi connectivity index (χ1v) is 6.05. The first-order chi connectivity index (χ1) is 8.24. The highest BCUT2D eigenvalue weighted by Gasteiger charge is 2.17. The molecule has 1 heterocycles. The minimum absolute atomic E-state index is 0.222. The van der Waals surface area contributed by atoms with Crippen molar-refractivity contribution in [2.45, 2.75) is 26.8 Å². The van der Waals surface area contributed by atoms with Crippen LogP contribution in [0.2, 0.25) is 0 Å². The summed E-state index contributed by atoms with van der Waals surface area (Å²) >= 11 is 0. The number of hydrogen-bond acceptors (Lipinski definition) is 2. The molecule has 2 rings (SSSR count). The van der Waals surface area contributed by atoms with Crippen LogP contribution >= 0.6 is 0 Å². The zero-order valence-electron chi connectivity index (χ0n) is 10.7. The molecule has 90 valence electrons. The third-order valence-corrected chi connectivity index (χ3v) is 3.12. The molecular weight excluding hydrogens is 210 g/mol. The molecule has 0 aliphatic heterocycles. The summed E-state index contributed by atoms with van der Waals surface area (Å²) in [6, 6.07) is 8.67. The maximum atomic E-state index is 5.20. The Kier molecular flexibility index (Phi) is 3.64. The van der Waals surface area contributed by atoms with Crippen LogP contribution in [0, 0.1) is 13.8 Å². The Bertz CT molecular complexity index is 453. The molecule has 0 spiro atoms. The average Bonchev–Trinajstić information content (AvgIpc) is 2.80. The summed E-state index contributed by atoms with van der Waals surface area (Å²) in [6.45, 7) is 7.38. The van der Waals surface area contributed by atoms with Crippen molar-refractivity contribution in [1.82, 2.24) is 5.32 Å².